The van der Waals surface area contributed by atoms with Crippen molar-refractivity contribution in [2.24, 2.45) is 17.8 Å². The Morgan fingerprint density at radius 2 is 1.67 bits per heavy atom. The van der Waals surface area contributed by atoms with Crippen molar-refractivity contribution >= 4 is 0 Å². The molecule has 2 aliphatic carbocycles. The predicted octanol–water partition coefficient (Wildman–Crippen LogP) is 4.00. The summed E-state index contributed by atoms with van der Waals surface area (Å²) in [6.07, 6.45) is 12.3. The smallest absolute Gasteiger partial charge is 0.0409 e. The van der Waals surface area contributed by atoms with Crippen LogP contribution in [0, 0.1) is 17.8 Å². The lowest BCUT2D eigenvalue weighted by Crippen LogP contribution is -2.26. The fraction of sp³-hybridized carbons (Fsp3) is 1.00. The largest absolute Gasteiger partial charge is 0.0654 e. The molecule has 2 saturated carbocycles. The second kappa shape index (κ2) is 3.81. The van der Waals surface area contributed by atoms with Gasteiger partial charge in [-0.3, -0.25) is 0 Å². The van der Waals surface area contributed by atoms with Crippen molar-refractivity contribution in [3.05, 3.63) is 0 Å². The SMILES string of the molecule is CCCC1CC2CCCC(C1)C2. The average molecular weight is 166 g/mol. The molecule has 2 bridgehead atoms. The molecule has 2 rings (SSSR count). The lowest BCUT2D eigenvalue weighted by Gasteiger charge is -2.39. The van der Waals surface area contributed by atoms with E-state index in [0.717, 1.165) is 17.8 Å². The molecule has 0 aromatic carbocycles. The van der Waals surface area contributed by atoms with E-state index in [1.165, 1.54) is 19.3 Å². The first-order valence-electron chi connectivity index (χ1n) is 5.88. The Bertz CT molecular complexity index is 127. The van der Waals surface area contributed by atoms with Crippen LogP contribution in [0.1, 0.15) is 58.3 Å². The molecule has 2 atom stereocenters. The molecule has 0 nitrogen and oxygen atoms in total. The van der Waals surface area contributed by atoms with Crippen molar-refractivity contribution in [1.29, 1.82) is 0 Å². The Kier molecular flexibility index (Phi) is 2.73. The Hall–Kier alpha value is 0. The quantitative estimate of drug-likeness (QED) is 0.581. The fourth-order valence-corrected chi connectivity index (χ4v) is 3.51. The van der Waals surface area contributed by atoms with Crippen LogP contribution in [0.5, 0.6) is 0 Å². The van der Waals surface area contributed by atoms with Crippen molar-refractivity contribution in [3.8, 4) is 0 Å². The molecule has 12 heavy (non-hydrogen) atoms. The van der Waals surface area contributed by atoms with Gasteiger partial charge < -0.3 is 0 Å². The highest BCUT2D eigenvalue weighted by Crippen LogP contribution is 2.43. The van der Waals surface area contributed by atoms with Gasteiger partial charge in [-0.2, -0.15) is 0 Å². The van der Waals surface area contributed by atoms with E-state index in [2.05, 4.69) is 6.92 Å². The average Bonchev–Trinajstić information content (AvgIpc) is 2.04. The zero-order valence-electron chi connectivity index (χ0n) is 8.39. The van der Waals surface area contributed by atoms with Gasteiger partial charge in [0, 0.05) is 0 Å². The van der Waals surface area contributed by atoms with Gasteiger partial charge in [0.2, 0.25) is 0 Å². The molecule has 70 valence electrons. The summed E-state index contributed by atoms with van der Waals surface area (Å²) in [6.45, 7) is 2.34. The minimum Gasteiger partial charge on any atom is -0.0654 e. The molecule has 0 amide bonds. The number of hydrogen-bond donors (Lipinski definition) is 0. The van der Waals surface area contributed by atoms with E-state index in [4.69, 9.17) is 0 Å². The van der Waals surface area contributed by atoms with Crippen LogP contribution in [0.25, 0.3) is 0 Å². The van der Waals surface area contributed by atoms with Gasteiger partial charge in [-0.1, -0.05) is 39.0 Å². The van der Waals surface area contributed by atoms with E-state index in [1.807, 2.05) is 0 Å². The monoisotopic (exact) mass is 166 g/mol. The summed E-state index contributed by atoms with van der Waals surface area (Å²) in [4.78, 5) is 0. The van der Waals surface area contributed by atoms with Crippen LogP contribution in [0.4, 0.5) is 0 Å². The zero-order chi connectivity index (χ0) is 8.39. The third-order valence-electron chi connectivity index (χ3n) is 3.92. The molecule has 0 aliphatic heterocycles. The van der Waals surface area contributed by atoms with Crippen LogP contribution < -0.4 is 0 Å². The Morgan fingerprint density at radius 3 is 2.25 bits per heavy atom. The normalized spacial score (nSPS) is 41.2. The molecule has 0 aromatic heterocycles. The molecule has 0 heteroatoms. The molecule has 2 unspecified atom stereocenters. The van der Waals surface area contributed by atoms with E-state index in [1.54, 1.807) is 32.1 Å². The first-order chi connectivity index (χ1) is 5.88. The summed E-state index contributed by atoms with van der Waals surface area (Å²) < 4.78 is 0. The van der Waals surface area contributed by atoms with Crippen molar-refractivity contribution < 1.29 is 0 Å². The molecule has 0 saturated heterocycles. The van der Waals surface area contributed by atoms with E-state index in [9.17, 15) is 0 Å². The van der Waals surface area contributed by atoms with Crippen LogP contribution in [0.3, 0.4) is 0 Å². The van der Waals surface area contributed by atoms with Crippen molar-refractivity contribution in [1.82, 2.24) is 0 Å². The van der Waals surface area contributed by atoms with E-state index < -0.39 is 0 Å². The molecular formula is C12H22. The summed E-state index contributed by atoms with van der Waals surface area (Å²) in [7, 11) is 0. The van der Waals surface area contributed by atoms with Crippen LogP contribution in [0.15, 0.2) is 0 Å². The Labute approximate surface area is 76.7 Å². The maximum absolute atomic E-state index is 2.34. The lowest BCUT2D eigenvalue weighted by atomic mass is 9.67. The first-order valence-corrected chi connectivity index (χ1v) is 5.88. The summed E-state index contributed by atoms with van der Waals surface area (Å²) in [5.74, 6) is 3.38. The molecule has 0 heterocycles. The predicted molar refractivity (Wildman–Crippen MR) is 53.1 cm³/mol. The molecule has 2 aliphatic rings. The molecule has 0 N–H and O–H groups in total. The highest BCUT2D eigenvalue weighted by molar-refractivity contribution is 4.82. The maximum atomic E-state index is 2.34. The molecular weight excluding hydrogens is 144 g/mol. The summed E-state index contributed by atoms with van der Waals surface area (Å²) in [5.41, 5.74) is 0. The summed E-state index contributed by atoms with van der Waals surface area (Å²) >= 11 is 0. The van der Waals surface area contributed by atoms with Gasteiger partial charge >= 0.3 is 0 Å². The van der Waals surface area contributed by atoms with Crippen molar-refractivity contribution in [3.63, 3.8) is 0 Å². The van der Waals surface area contributed by atoms with Gasteiger partial charge in [0.1, 0.15) is 0 Å². The maximum Gasteiger partial charge on any atom is -0.0409 e. The number of rotatable bonds is 2. The van der Waals surface area contributed by atoms with E-state index in [-0.39, 0.29) is 0 Å². The van der Waals surface area contributed by atoms with Gasteiger partial charge in [-0.25, -0.2) is 0 Å². The fourth-order valence-electron chi connectivity index (χ4n) is 3.51. The molecule has 2 fully saturated rings. The van der Waals surface area contributed by atoms with Crippen molar-refractivity contribution in [2.75, 3.05) is 0 Å². The second-order valence-electron chi connectivity index (χ2n) is 5.02. The number of fused-ring (bicyclic) bond motifs is 2. The number of hydrogen-bond acceptors (Lipinski definition) is 0. The highest BCUT2D eigenvalue weighted by Gasteiger charge is 2.30. The molecule has 0 spiro atoms. The van der Waals surface area contributed by atoms with Crippen LogP contribution in [-0.4, -0.2) is 0 Å². The second-order valence-corrected chi connectivity index (χ2v) is 5.02. The first kappa shape index (κ1) is 8.59. The minimum atomic E-state index is 1.11. The Morgan fingerprint density at radius 1 is 1.00 bits per heavy atom. The molecule has 0 radical (unpaired) electrons. The van der Waals surface area contributed by atoms with Crippen LogP contribution >= 0.6 is 0 Å². The van der Waals surface area contributed by atoms with Gasteiger partial charge in [-0.15, -0.1) is 0 Å². The van der Waals surface area contributed by atoms with E-state index >= 15 is 0 Å². The topological polar surface area (TPSA) is 0 Å². The zero-order valence-corrected chi connectivity index (χ0v) is 8.39. The summed E-state index contributed by atoms with van der Waals surface area (Å²) in [5, 5.41) is 0. The van der Waals surface area contributed by atoms with Crippen molar-refractivity contribution in [2.45, 2.75) is 58.3 Å². The van der Waals surface area contributed by atoms with Gasteiger partial charge in [0.15, 0.2) is 0 Å². The third kappa shape index (κ3) is 1.84. The summed E-state index contributed by atoms with van der Waals surface area (Å²) in [6, 6.07) is 0. The standard InChI is InChI=1S/C12H22/c1-2-4-10-7-11-5-3-6-12(8-10)9-11/h10-12H,2-9H2,1H3. The lowest BCUT2D eigenvalue weighted by molar-refractivity contribution is 0.132. The Balaban J connectivity index is 1.87. The van der Waals surface area contributed by atoms with Gasteiger partial charge in [0.25, 0.3) is 0 Å². The third-order valence-corrected chi connectivity index (χ3v) is 3.92. The molecule has 0 aromatic rings. The van der Waals surface area contributed by atoms with E-state index in [0.29, 0.717) is 0 Å². The highest BCUT2D eigenvalue weighted by atomic mass is 14.4. The van der Waals surface area contributed by atoms with Crippen LogP contribution in [-0.2, 0) is 0 Å². The van der Waals surface area contributed by atoms with Gasteiger partial charge in [-0.05, 0) is 37.0 Å². The van der Waals surface area contributed by atoms with Crippen LogP contribution in [0.2, 0.25) is 0 Å². The minimum absolute atomic E-state index is 1.11. The van der Waals surface area contributed by atoms with Gasteiger partial charge in [0.05, 0.1) is 0 Å².